The maximum atomic E-state index is 13.0. The van der Waals surface area contributed by atoms with Gasteiger partial charge in [-0.15, -0.1) is 5.11 Å². The number of hydrogen-bond acceptors (Lipinski definition) is 7. The Morgan fingerprint density at radius 3 is 1.97 bits per heavy atom. The van der Waals surface area contributed by atoms with Crippen molar-refractivity contribution in [3.05, 3.63) is 103 Å². The lowest BCUT2D eigenvalue weighted by Gasteiger charge is -2.17. The third-order valence-electron chi connectivity index (χ3n) is 3.97. The van der Waals surface area contributed by atoms with Crippen molar-refractivity contribution < 1.29 is 14.6 Å². The number of amides is 1. The number of rotatable bonds is 6. The second kappa shape index (κ2) is 9.28. The van der Waals surface area contributed by atoms with E-state index < -0.39 is 15.8 Å². The lowest BCUT2D eigenvalue weighted by atomic mass is 10.2. The van der Waals surface area contributed by atoms with Crippen molar-refractivity contribution in [3.63, 3.8) is 0 Å². The van der Waals surface area contributed by atoms with Gasteiger partial charge in [0.2, 0.25) is 0 Å². The zero-order valence-electron chi connectivity index (χ0n) is 15.4. The molecule has 0 atom stereocenters. The highest BCUT2D eigenvalue weighted by molar-refractivity contribution is 6.34. The summed E-state index contributed by atoms with van der Waals surface area (Å²) in [5, 5.41) is 30.3. The normalized spacial score (nSPS) is 10.8. The van der Waals surface area contributed by atoms with Crippen LogP contribution in [-0.2, 0) is 0 Å². The minimum Gasteiger partial charge on any atom is -0.267 e. The van der Waals surface area contributed by atoms with Crippen molar-refractivity contribution in [1.82, 2.24) is 0 Å². The molecule has 12 heteroatoms. The van der Waals surface area contributed by atoms with Gasteiger partial charge in [0.15, 0.2) is 0 Å². The summed E-state index contributed by atoms with van der Waals surface area (Å²) in [4.78, 5) is 33.6. The fraction of sp³-hybridized carbons (Fsp3) is 0. The molecule has 156 valence electrons. The Bertz CT molecular complexity index is 1200. The summed E-state index contributed by atoms with van der Waals surface area (Å²) in [6.45, 7) is 0. The first-order valence-electron chi connectivity index (χ1n) is 8.47. The van der Waals surface area contributed by atoms with Crippen LogP contribution < -0.4 is 5.01 Å². The maximum Gasteiger partial charge on any atom is 0.280 e. The van der Waals surface area contributed by atoms with Gasteiger partial charge in [-0.1, -0.05) is 46.6 Å². The second-order valence-corrected chi connectivity index (χ2v) is 6.77. The number of nitro groups is 2. The lowest BCUT2D eigenvalue weighted by Crippen LogP contribution is -2.25. The SMILES string of the molecule is O=C(c1ccccc1)N(N=Nc1ccc([N+](=O)[O-])cc1Cl)c1ccc([N+](=O)[O-])cc1Cl. The lowest BCUT2D eigenvalue weighted by molar-refractivity contribution is -0.385. The topological polar surface area (TPSA) is 131 Å². The van der Waals surface area contributed by atoms with Crippen LogP contribution in [0, 0.1) is 20.2 Å². The van der Waals surface area contributed by atoms with E-state index >= 15 is 0 Å². The Morgan fingerprint density at radius 2 is 1.42 bits per heavy atom. The van der Waals surface area contributed by atoms with Crippen molar-refractivity contribution in [1.29, 1.82) is 0 Å². The predicted octanol–water partition coefficient (Wildman–Crippen LogP) is 6.16. The summed E-state index contributed by atoms with van der Waals surface area (Å²) in [7, 11) is 0. The molecule has 31 heavy (non-hydrogen) atoms. The standard InChI is InChI=1S/C19H11Cl2N5O5/c20-15-10-13(25(28)29)6-8-17(15)22-23-24(19(27)12-4-2-1-3-5-12)18-9-7-14(26(30)31)11-16(18)21/h1-11H. The molecule has 0 spiro atoms. The van der Waals surface area contributed by atoms with Gasteiger partial charge < -0.3 is 0 Å². The largest absolute Gasteiger partial charge is 0.280 e. The first-order chi connectivity index (χ1) is 14.8. The first-order valence-corrected chi connectivity index (χ1v) is 9.22. The van der Waals surface area contributed by atoms with Crippen LogP contribution >= 0.6 is 23.2 Å². The van der Waals surface area contributed by atoms with Gasteiger partial charge in [-0.05, 0) is 24.3 Å². The zero-order valence-corrected chi connectivity index (χ0v) is 16.9. The molecule has 0 aromatic heterocycles. The van der Waals surface area contributed by atoms with Crippen LogP contribution in [0.3, 0.4) is 0 Å². The van der Waals surface area contributed by atoms with Gasteiger partial charge in [0.1, 0.15) is 5.69 Å². The van der Waals surface area contributed by atoms with Crippen LogP contribution in [0.25, 0.3) is 0 Å². The van der Waals surface area contributed by atoms with Gasteiger partial charge in [-0.25, -0.2) is 0 Å². The Kier molecular flexibility index (Phi) is 6.53. The number of nitrogens with zero attached hydrogens (tertiary/aromatic N) is 5. The molecular formula is C19H11Cl2N5O5. The van der Waals surface area contributed by atoms with E-state index in [4.69, 9.17) is 23.2 Å². The number of benzene rings is 3. The van der Waals surface area contributed by atoms with E-state index in [2.05, 4.69) is 10.3 Å². The van der Waals surface area contributed by atoms with E-state index in [1.807, 2.05) is 0 Å². The smallest absolute Gasteiger partial charge is 0.267 e. The molecule has 3 rings (SSSR count). The molecule has 0 unspecified atom stereocenters. The van der Waals surface area contributed by atoms with Crippen molar-refractivity contribution in [2.24, 2.45) is 10.3 Å². The Labute approximate surface area is 184 Å². The Morgan fingerprint density at radius 1 is 0.839 bits per heavy atom. The number of carbonyl (C=O) groups is 1. The number of anilines is 1. The van der Waals surface area contributed by atoms with Crippen LogP contribution in [0.15, 0.2) is 77.1 Å². The molecule has 0 saturated carbocycles. The van der Waals surface area contributed by atoms with Crippen LogP contribution in [0.4, 0.5) is 22.7 Å². The fourth-order valence-corrected chi connectivity index (χ4v) is 2.93. The van der Waals surface area contributed by atoms with Crippen LogP contribution in [0.5, 0.6) is 0 Å². The van der Waals surface area contributed by atoms with Gasteiger partial charge in [0.25, 0.3) is 17.3 Å². The van der Waals surface area contributed by atoms with Crippen molar-refractivity contribution >= 4 is 51.9 Å². The van der Waals surface area contributed by atoms with Gasteiger partial charge in [-0.3, -0.25) is 25.0 Å². The average molecular weight is 460 g/mol. The molecule has 0 bridgehead atoms. The van der Waals surface area contributed by atoms with E-state index in [-0.39, 0.29) is 38.4 Å². The third kappa shape index (κ3) is 5.00. The minimum atomic E-state index is -0.628. The number of hydrogen-bond donors (Lipinski definition) is 0. The quantitative estimate of drug-likeness (QED) is 0.247. The molecule has 0 aliphatic heterocycles. The molecule has 0 radical (unpaired) electrons. The number of halogens is 2. The van der Waals surface area contributed by atoms with E-state index in [1.165, 1.54) is 24.3 Å². The van der Waals surface area contributed by atoms with Gasteiger partial charge in [0.05, 0.1) is 25.6 Å². The van der Waals surface area contributed by atoms with E-state index in [0.29, 0.717) is 0 Å². The van der Waals surface area contributed by atoms with Crippen molar-refractivity contribution in [3.8, 4) is 0 Å². The van der Waals surface area contributed by atoms with Crippen molar-refractivity contribution in [2.45, 2.75) is 0 Å². The summed E-state index contributed by atoms with van der Waals surface area (Å²) in [6.07, 6.45) is 0. The highest BCUT2D eigenvalue weighted by Gasteiger charge is 2.22. The second-order valence-electron chi connectivity index (χ2n) is 5.96. The summed E-state index contributed by atoms with van der Waals surface area (Å²) in [6, 6.07) is 15.2. The average Bonchev–Trinajstić information content (AvgIpc) is 2.75. The molecule has 0 N–H and O–H groups in total. The van der Waals surface area contributed by atoms with Crippen LogP contribution in [0.1, 0.15) is 10.4 Å². The molecule has 0 aliphatic rings. The monoisotopic (exact) mass is 459 g/mol. The molecule has 0 fully saturated rings. The predicted molar refractivity (Wildman–Crippen MR) is 114 cm³/mol. The molecule has 3 aromatic rings. The molecule has 3 aromatic carbocycles. The van der Waals surface area contributed by atoms with E-state index in [0.717, 1.165) is 17.1 Å². The Hall–Kier alpha value is -3.89. The van der Waals surface area contributed by atoms with Crippen LogP contribution in [0.2, 0.25) is 10.0 Å². The third-order valence-corrected chi connectivity index (χ3v) is 4.57. The summed E-state index contributed by atoms with van der Waals surface area (Å²) >= 11 is 12.2. The van der Waals surface area contributed by atoms with Gasteiger partial charge >= 0.3 is 0 Å². The zero-order chi connectivity index (χ0) is 22.5. The fourth-order valence-electron chi connectivity index (χ4n) is 2.47. The van der Waals surface area contributed by atoms with Gasteiger partial charge in [0, 0.05) is 29.8 Å². The summed E-state index contributed by atoms with van der Waals surface area (Å²) in [5.41, 5.74) is -0.138. The highest BCUT2D eigenvalue weighted by Crippen LogP contribution is 2.33. The van der Waals surface area contributed by atoms with Crippen LogP contribution in [-0.4, -0.2) is 15.8 Å². The maximum absolute atomic E-state index is 13.0. The molecule has 1 amide bonds. The molecular weight excluding hydrogens is 449 g/mol. The number of nitro benzene ring substituents is 2. The number of carbonyl (C=O) groups excluding carboxylic acids is 1. The first kappa shape index (κ1) is 21.8. The molecule has 10 nitrogen and oxygen atoms in total. The Balaban J connectivity index is 2.05. The molecule has 0 heterocycles. The number of non-ortho nitro benzene ring substituents is 2. The summed E-state index contributed by atoms with van der Waals surface area (Å²) in [5.74, 6) is -0.613. The van der Waals surface area contributed by atoms with E-state index in [9.17, 15) is 25.0 Å². The highest BCUT2D eigenvalue weighted by atomic mass is 35.5. The minimum absolute atomic E-state index is 0.0444. The summed E-state index contributed by atoms with van der Waals surface area (Å²) < 4.78 is 0. The molecule has 0 aliphatic carbocycles. The molecule has 0 saturated heterocycles. The van der Waals surface area contributed by atoms with Gasteiger partial charge in [-0.2, -0.15) is 5.01 Å². The van der Waals surface area contributed by atoms with Crippen molar-refractivity contribution in [2.75, 3.05) is 5.01 Å². The van der Waals surface area contributed by atoms with E-state index in [1.54, 1.807) is 30.3 Å².